The lowest BCUT2D eigenvalue weighted by Gasteiger charge is -2.05. The summed E-state index contributed by atoms with van der Waals surface area (Å²) in [5, 5.41) is 0.388. The van der Waals surface area contributed by atoms with Gasteiger partial charge < -0.3 is 9.15 Å². The Labute approximate surface area is 107 Å². The molecule has 0 spiro atoms. The van der Waals surface area contributed by atoms with Gasteiger partial charge in [-0.25, -0.2) is 4.79 Å². The molecular formula is C13H7ClO4. The molecule has 0 amide bonds. The van der Waals surface area contributed by atoms with Crippen molar-refractivity contribution < 1.29 is 18.7 Å². The zero-order valence-corrected chi connectivity index (χ0v) is 9.86. The molecule has 90 valence electrons. The molecule has 0 saturated heterocycles. The van der Waals surface area contributed by atoms with E-state index in [0.717, 1.165) is 5.56 Å². The van der Waals surface area contributed by atoms with Gasteiger partial charge in [0, 0.05) is 5.56 Å². The molecule has 3 rings (SSSR count). The van der Waals surface area contributed by atoms with E-state index in [1.54, 1.807) is 18.2 Å². The molecular weight excluding hydrogens is 256 g/mol. The van der Waals surface area contributed by atoms with Gasteiger partial charge in [0.2, 0.25) is 0 Å². The second-order valence-electron chi connectivity index (χ2n) is 3.85. The third-order valence-corrected chi connectivity index (χ3v) is 3.11. The lowest BCUT2D eigenvalue weighted by atomic mass is 10.0. The quantitative estimate of drug-likeness (QED) is 0.616. The Hall–Kier alpha value is -2.07. The summed E-state index contributed by atoms with van der Waals surface area (Å²) in [4.78, 5) is 22.3. The van der Waals surface area contributed by atoms with Gasteiger partial charge in [0.25, 0.3) is 0 Å². The minimum absolute atomic E-state index is 0.185. The van der Waals surface area contributed by atoms with Crippen molar-refractivity contribution in [3.63, 3.8) is 0 Å². The van der Waals surface area contributed by atoms with Gasteiger partial charge in [-0.2, -0.15) is 0 Å². The number of hydrogen-bond acceptors (Lipinski definition) is 4. The van der Waals surface area contributed by atoms with Gasteiger partial charge in [0.1, 0.15) is 12.4 Å². The van der Waals surface area contributed by atoms with Crippen LogP contribution in [0.25, 0.3) is 11.3 Å². The van der Waals surface area contributed by atoms with E-state index in [0.29, 0.717) is 28.2 Å². The van der Waals surface area contributed by atoms with Crippen molar-refractivity contribution in [3.05, 3.63) is 46.2 Å². The molecule has 0 fully saturated rings. The average molecular weight is 263 g/mol. The Morgan fingerprint density at radius 1 is 1.17 bits per heavy atom. The fourth-order valence-corrected chi connectivity index (χ4v) is 2.23. The van der Waals surface area contributed by atoms with Crippen molar-refractivity contribution in [3.8, 4) is 11.3 Å². The molecule has 1 aromatic heterocycles. The van der Waals surface area contributed by atoms with E-state index in [1.807, 2.05) is 0 Å². The molecule has 0 N–H and O–H groups in total. The van der Waals surface area contributed by atoms with Crippen molar-refractivity contribution >= 4 is 23.9 Å². The highest BCUT2D eigenvalue weighted by Crippen LogP contribution is 2.37. The maximum absolute atomic E-state index is 11.7. The van der Waals surface area contributed by atoms with Gasteiger partial charge in [0.05, 0.1) is 16.1 Å². The summed E-state index contributed by atoms with van der Waals surface area (Å²) >= 11 is 6.10. The van der Waals surface area contributed by atoms with Crippen LogP contribution < -0.4 is 0 Å². The summed E-state index contributed by atoms with van der Waals surface area (Å²) in [5.41, 5.74) is 1.66. The van der Waals surface area contributed by atoms with Gasteiger partial charge in [0.15, 0.2) is 12.0 Å². The zero-order valence-electron chi connectivity index (χ0n) is 9.10. The van der Waals surface area contributed by atoms with Gasteiger partial charge in [-0.15, -0.1) is 0 Å². The van der Waals surface area contributed by atoms with E-state index >= 15 is 0 Å². The molecule has 1 aliphatic rings. The van der Waals surface area contributed by atoms with Crippen LogP contribution in [0.3, 0.4) is 0 Å². The SMILES string of the molecule is O=Cc1ccc(-c2c(Cl)ccc3c2C(=O)OC3)o1. The van der Waals surface area contributed by atoms with Crippen LogP contribution in [-0.4, -0.2) is 12.3 Å². The van der Waals surface area contributed by atoms with Gasteiger partial charge >= 0.3 is 5.97 Å². The number of halogens is 1. The standard InChI is InChI=1S/C13H7ClO4/c14-9-3-1-7-6-17-13(16)11(7)12(9)10-4-2-8(5-15)18-10/h1-5H,6H2. The Morgan fingerprint density at radius 2 is 2.00 bits per heavy atom. The maximum Gasteiger partial charge on any atom is 0.339 e. The first-order valence-corrected chi connectivity index (χ1v) is 5.62. The Morgan fingerprint density at radius 3 is 2.72 bits per heavy atom. The molecule has 5 heteroatoms. The molecule has 0 atom stereocenters. The Bertz CT molecular complexity index is 657. The van der Waals surface area contributed by atoms with E-state index < -0.39 is 5.97 Å². The zero-order chi connectivity index (χ0) is 12.7. The fourth-order valence-electron chi connectivity index (χ4n) is 1.98. The van der Waals surface area contributed by atoms with Gasteiger partial charge in [-0.1, -0.05) is 17.7 Å². The number of benzene rings is 1. The number of furan rings is 1. The predicted molar refractivity (Wildman–Crippen MR) is 63.7 cm³/mol. The van der Waals surface area contributed by atoms with Gasteiger partial charge in [-0.05, 0) is 18.2 Å². The average Bonchev–Trinajstić information content (AvgIpc) is 2.97. The van der Waals surface area contributed by atoms with Crippen molar-refractivity contribution in [2.45, 2.75) is 6.61 Å². The Kier molecular flexibility index (Phi) is 2.45. The third-order valence-electron chi connectivity index (χ3n) is 2.79. The van der Waals surface area contributed by atoms with Crippen molar-refractivity contribution in [1.29, 1.82) is 0 Å². The van der Waals surface area contributed by atoms with Gasteiger partial charge in [-0.3, -0.25) is 4.79 Å². The first-order valence-electron chi connectivity index (χ1n) is 5.24. The molecule has 0 aliphatic carbocycles. The van der Waals surface area contributed by atoms with Crippen LogP contribution in [0, 0.1) is 0 Å². The summed E-state index contributed by atoms with van der Waals surface area (Å²) in [6.07, 6.45) is 0.596. The number of carbonyl (C=O) groups excluding carboxylic acids is 2. The van der Waals surface area contributed by atoms with Crippen LogP contribution in [0.1, 0.15) is 26.5 Å². The molecule has 4 nitrogen and oxygen atoms in total. The highest BCUT2D eigenvalue weighted by molar-refractivity contribution is 6.34. The van der Waals surface area contributed by atoms with E-state index in [9.17, 15) is 9.59 Å². The van der Waals surface area contributed by atoms with Crippen LogP contribution in [0.5, 0.6) is 0 Å². The molecule has 1 aromatic carbocycles. The Balaban J connectivity index is 2.25. The normalized spacial score (nSPS) is 13.3. The number of rotatable bonds is 2. The molecule has 1 aliphatic heterocycles. The van der Waals surface area contributed by atoms with E-state index in [4.69, 9.17) is 20.8 Å². The third kappa shape index (κ3) is 1.54. The monoisotopic (exact) mass is 262 g/mol. The van der Waals surface area contributed by atoms with E-state index in [1.165, 1.54) is 6.07 Å². The van der Waals surface area contributed by atoms with Crippen molar-refractivity contribution in [2.75, 3.05) is 0 Å². The molecule has 2 aromatic rings. The number of fused-ring (bicyclic) bond motifs is 1. The molecule has 2 heterocycles. The van der Waals surface area contributed by atoms with Crippen LogP contribution in [0.2, 0.25) is 5.02 Å². The summed E-state index contributed by atoms with van der Waals surface area (Å²) < 4.78 is 10.3. The summed E-state index contributed by atoms with van der Waals surface area (Å²) in [6.45, 7) is 0.236. The minimum atomic E-state index is -0.424. The van der Waals surface area contributed by atoms with Crippen LogP contribution >= 0.6 is 11.6 Å². The molecule has 0 saturated carbocycles. The van der Waals surface area contributed by atoms with Crippen molar-refractivity contribution in [1.82, 2.24) is 0 Å². The van der Waals surface area contributed by atoms with Crippen molar-refractivity contribution in [2.24, 2.45) is 0 Å². The van der Waals surface area contributed by atoms with Crippen LogP contribution in [-0.2, 0) is 11.3 Å². The summed E-state index contributed by atoms with van der Waals surface area (Å²) in [7, 11) is 0. The van der Waals surface area contributed by atoms with Crippen LogP contribution in [0.15, 0.2) is 28.7 Å². The second-order valence-corrected chi connectivity index (χ2v) is 4.26. The smallest absolute Gasteiger partial charge is 0.339 e. The van der Waals surface area contributed by atoms with Crippen LogP contribution in [0.4, 0.5) is 0 Å². The summed E-state index contributed by atoms with van der Waals surface area (Å²) in [5.74, 6) is 0.148. The van der Waals surface area contributed by atoms with E-state index in [-0.39, 0.29) is 12.4 Å². The molecule has 0 radical (unpaired) electrons. The number of ether oxygens (including phenoxy) is 1. The highest BCUT2D eigenvalue weighted by atomic mass is 35.5. The maximum atomic E-state index is 11.7. The predicted octanol–water partition coefficient (Wildman–Crippen LogP) is 3.08. The van der Waals surface area contributed by atoms with E-state index in [2.05, 4.69) is 0 Å². The fraction of sp³-hybridized carbons (Fsp3) is 0.0769. The largest absolute Gasteiger partial charge is 0.457 e. The number of carbonyl (C=O) groups is 2. The topological polar surface area (TPSA) is 56.5 Å². The number of cyclic esters (lactones) is 1. The number of esters is 1. The first kappa shape index (κ1) is 11.0. The second kappa shape index (κ2) is 3.99. The molecule has 0 unspecified atom stereocenters. The lowest BCUT2D eigenvalue weighted by Crippen LogP contribution is -1.97. The lowest BCUT2D eigenvalue weighted by molar-refractivity contribution is 0.0535. The minimum Gasteiger partial charge on any atom is -0.457 e. The number of aldehydes is 1. The number of hydrogen-bond donors (Lipinski definition) is 0. The summed E-state index contributed by atoms with van der Waals surface area (Å²) in [6, 6.07) is 6.56. The molecule has 18 heavy (non-hydrogen) atoms. The first-order chi connectivity index (χ1) is 8.70. The molecule has 0 bridgehead atoms. The highest BCUT2D eigenvalue weighted by Gasteiger charge is 2.28.